The Labute approximate surface area is 74.1 Å². The average Bonchev–Trinajstić information content (AvgIpc) is 2.34. The first-order chi connectivity index (χ1) is 5.27. The third kappa shape index (κ3) is 1.17. The molecule has 0 fully saturated rings. The fourth-order valence-electron chi connectivity index (χ4n) is 1.09. The largest absolute Gasteiger partial charge is 0.490 e. The van der Waals surface area contributed by atoms with E-state index in [4.69, 9.17) is 27.9 Å². The summed E-state index contributed by atoms with van der Waals surface area (Å²) in [5.74, 6) is 0.691. The van der Waals surface area contributed by atoms with E-state index >= 15 is 0 Å². The van der Waals surface area contributed by atoms with Gasteiger partial charge >= 0.3 is 0 Å². The van der Waals surface area contributed by atoms with Gasteiger partial charge in [0.1, 0.15) is 5.15 Å². The summed E-state index contributed by atoms with van der Waals surface area (Å²) in [6, 6.07) is 1.59. The van der Waals surface area contributed by atoms with Crippen LogP contribution in [0.5, 0.6) is 5.75 Å². The number of rotatable bonds is 0. The van der Waals surface area contributed by atoms with Gasteiger partial charge in [-0.1, -0.05) is 23.2 Å². The van der Waals surface area contributed by atoms with Gasteiger partial charge in [0.2, 0.25) is 0 Å². The van der Waals surface area contributed by atoms with Crippen LogP contribution in [-0.2, 0) is 6.42 Å². The fourth-order valence-corrected chi connectivity index (χ4v) is 1.63. The van der Waals surface area contributed by atoms with Gasteiger partial charge in [-0.3, -0.25) is 0 Å². The van der Waals surface area contributed by atoms with Gasteiger partial charge < -0.3 is 4.74 Å². The van der Waals surface area contributed by atoms with Gasteiger partial charge in [-0.15, -0.1) is 0 Å². The van der Waals surface area contributed by atoms with Crippen LogP contribution in [0.1, 0.15) is 5.69 Å². The molecule has 0 atom stereocenters. The molecular formula is C7H5Cl2NO. The van der Waals surface area contributed by atoms with E-state index in [2.05, 4.69) is 4.98 Å². The minimum absolute atomic E-state index is 0.430. The number of hydrogen-bond acceptors (Lipinski definition) is 2. The van der Waals surface area contributed by atoms with Crippen LogP contribution in [0.15, 0.2) is 6.07 Å². The standard InChI is InChI=1S/C7H5Cl2NO/c8-4-3-6(9)10-5-1-2-11-7(4)5/h3H,1-2H2. The van der Waals surface area contributed by atoms with Gasteiger partial charge in [0.25, 0.3) is 0 Å². The lowest BCUT2D eigenvalue weighted by atomic mass is 10.3. The summed E-state index contributed by atoms with van der Waals surface area (Å²) in [5.41, 5.74) is 0.863. The lowest BCUT2D eigenvalue weighted by molar-refractivity contribution is 0.357. The zero-order chi connectivity index (χ0) is 7.84. The van der Waals surface area contributed by atoms with Crippen molar-refractivity contribution in [2.75, 3.05) is 6.61 Å². The second kappa shape index (κ2) is 2.54. The van der Waals surface area contributed by atoms with Crippen molar-refractivity contribution in [1.82, 2.24) is 4.98 Å². The molecule has 0 amide bonds. The molecule has 0 aliphatic carbocycles. The molecule has 1 aromatic rings. The molecule has 0 aromatic carbocycles. The molecule has 58 valence electrons. The van der Waals surface area contributed by atoms with E-state index in [0.717, 1.165) is 12.1 Å². The van der Waals surface area contributed by atoms with Gasteiger partial charge in [0.05, 0.1) is 17.3 Å². The number of hydrogen-bond donors (Lipinski definition) is 0. The van der Waals surface area contributed by atoms with Crippen molar-refractivity contribution in [1.29, 1.82) is 0 Å². The Morgan fingerprint density at radius 2 is 2.27 bits per heavy atom. The van der Waals surface area contributed by atoms with Crippen LogP contribution in [0.2, 0.25) is 10.2 Å². The van der Waals surface area contributed by atoms with Crippen LogP contribution in [-0.4, -0.2) is 11.6 Å². The molecular weight excluding hydrogens is 185 g/mol. The minimum Gasteiger partial charge on any atom is -0.490 e. The molecule has 0 saturated carbocycles. The summed E-state index contributed by atoms with van der Waals surface area (Å²) >= 11 is 11.5. The van der Waals surface area contributed by atoms with Crippen molar-refractivity contribution in [3.05, 3.63) is 21.9 Å². The number of nitrogens with zero attached hydrogens (tertiary/aromatic N) is 1. The van der Waals surface area contributed by atoms with Crippen LogP contribution in [0, 0.1) is 0 Å². The van der Waals surface area contributed by atoms with Crippen molar-refractivity contribution in [2.24, 2.45) is 0 Å². The molecule has 0 N–H and O–H groups in total. The van der Waals surface area contributed by atoms with Gasteiger partial charge in [0, 0.05) is 6.42 Å². The molecule has 1 aliphatic rings. The molecule has 2 rings (SSSR count). The summed E-state index contributed by atoms with van der Waals surface area (Å²) in [6.45, 7) is 0.655. The maximum absolute atomic E-state index is 5.83. The van der Waals surface area contributed by atoms with Crippen molar-refractivity contribution >= 4 is 23.2 Å². The van der Waals surface area contributed by atoms with Crippen LogP contribution in [0.4, 0.5) is 0 Å². The van der Waals surface area contributed by atoms with Crippen LogP contribution < -0.4 is 4.74 Å². The Hall–Kier alpha value is -0.470. The van der Waals surface area contributed by atoms with E-state index in [9.17, 15) is 0 Å². The zero-order valence-corrected chi connectivity index (χ0v) is 7.11. The fraction of sp³-hybridized carbons (Fsp3) is 0.286. The van der Waals surface area contributed by atoms with E-state index in [-0.39, 0.29) is 0 Å². The highest BCUT2D eigenvalue weighted by atomic mass is 35.5. The first-order valence-electron chi connectivity index (χ1n) is 3.25. The summed E-state index contributed by atoms with van der Waals surface area (Å²) in [7, 11) is 0. The molecule has 11 heavy (non-hydrogen) atoms. The predicted molar refractivity (Wildman–Crippen MR) is 43.5 cm³/mol. The van der Waals surface area contributed by atoms with E-state index in [1.807, 2.05) is 0 Å². The maximum Gasteiger partial charge on any atom is 0.159 e. The first-order valence-corrected chi connectivity index (χ1v) is 4.00. The molecule has 0 spiro atoms. The molecule has 0 saturated heterocycles. The lowest BCUT2D eigenvalue weighted by Crippen LogP contribution is -1.86. The number of pyridine rings is 1. The van der Waals surface area contributed by atoms with Gasteiger partial charge in [-0.25, -0.2) is 4.98 Å². The van der Waals surface area contributed by atoms with Crippen LogP contribution in [0.3, 0.4) is 0 Å². The number of halogens is 2. The SMILES string of the molecule is Clc1cc(Cl)c2c(n1)CCO2. The van der Waals surface area contributed by atoms with Crippen molar-refractivity contribution in [2.45, 2.75) is 6.42 Å². The second-order valence-corrected chi connectivity index (χ2v) is 3.10. The predicted octanol–water partition coefficient (Wildman–Crippen LogP) is 2.32. The molecule has 0 unspecified atom stereocenters. The molecule has 1 aliphatic heterocycles. The summed E-state index contributed by atoms with van der Waals surface area (Å²) in [4.78, 5) is 4.07. The highest BCUT2D eigenvalue weighted by molar-refractivity contribution is 6.35. The van der Waals surface area contributed by atoms with E-state index in [1.165, 1.54) is 0 Å². The topological polar surface area (TPSA) is 22.1 Å². The van der Waals surface area contributed by atoms with Crippen LogP contribution >= 0.6 is 23.2 Å². The van der Waals surface area contributed by atoms with Gasteiger partial charge in [-0.05, 0) is 6.07 Å². The Morgan fingerprint density at radius 1 is 1.45 bits per heavy atom. The molecule has 0 bridgehead atoms. The van der Waals surface area contributed by atoms with E-state index < -0.39 is 0 Å². The quantitative estimate of drug-likeness (QED) is 0.585. The monoisotopic (exact) mass is 189 g/mol. The summed E-state index contributed by atoms with van der Waals surface area (Å²) in [6.07, 6.45) is 0.801. The van der Waals surface area contributed by atoms with Gasteiger partial charge in [0.15, 0.2) is 5.75 Å². The molecule has 2 nitrogen and oxygen atoms in total. The Bertz CT molecular complexity index is 301. The summed E-state index contributed by atoms with van der Waals surface area (Å²) in [5, 5.41) is 0.983. The van der Waals surface area contributed by atoms with Crippen LogP contribution in [0.25, 0.3) is 0 Å². The first kappa shape index (κ1) is 7.19. The lowest BCUT2D eigenvalue weighted by Gasteiger charge is -2.00. The van der Waals surface area contributed by atoms with Crippen molar-refractivity contribution in [3.8, 4) is 5.75 Å². The summed E-state index contributed by atoms with van der Waals surface area (Å²) < 4.78 is 5.23. The molecule has 0 radical (unpaired) electrons. The van der Waals surface area contributed by atoms with Crippen molar-refractivity contribution < 1.29 is 4.74 Å². The third-order valence-corrected chi connectivity index (χ3v) is 2.03. The Morgan fingerprint density at radius 3 is 3.09 bits per heavy atom. The average molecular weight is 190 g/mol. The van der Waals surface area contributed by atoms with E-state index in [1.54, 1.807) is 6.07 Å². The second-order valence-electron chi connectivity index (χ2n) is 2.30. The number of ether oxygens (including phenoxy) is 1. The normalized spacial score (nSPS) is 14.4. The van der Waals surface area contributed by atoms with Crippen molar-refractivity contribution in [3.63, 3.8) is 0 Å². The highest BCUT2D eigenvalue weighted by Crippen LogP contribution is 2.33. The highest BCUT2D eigenvalue weighted by Gasteiger charge is 2.17. The number of fused-ring (bicyclic) bond motifs is 1. The molecule has 2 heterocycles. The number of aromatic nitrogens is 1. The maximum atomic E-state index is 5.83. The Kier molecular flexibility index (Phi) is 1.66. The van der Waals surface area contributed by atoms with E-state index in [0.29, 0.717) is 22.5 Å². The molecule has 4 heteroatoms. The zero-order valence-electron chi connectivity index (χ0n) is 5.60. The molecule has 1 aromatic heterocycles. The smallest absolute Gasteiger partial charge is 0.159 e. The van der Waals surface area contributed by atoms with Gasteiger partial charge in [-0.2, -0.15) is 0 Å². The minimum atomic E-state index is 0.430. The third-order valence-electron chi connectivity index (χ3n) is 1.55. The Balaban J connectivity index is 2.60.